The van der Waals surface area contributed by atoms with E-state index in [4.69, 9.17) is 0 Å². The van der Waals surface area contributed by atoms with Gasteiger partial charge in [-0.2, -0.15) is 0 Å². The van der Waals surface area contributed by atoms with Crippen molar-refractivity contribution in [3.8, 4) is 0 Å². The van der Waals surface area contributed by atoms with E-state index >= 15 is 0 Å². The topological polar surface area (TPSA) is 34.4 Å². The Kier molecular flexibility index (Phi) is 2.86. The van der Waals surface area contributed by atoms with Gasteiger partial charge < -0.3 is 9.20 Å². The van der Waals surface area contributed by atoms with Crippen LogP contribution in [0.3, 0.4) is 0 Å². The normalized spacial score (nSPS) is 10.8. The van der Waals surface area contributed by atoms with Crippen LogP contribution in [0.2, 0.25) is 0 Å². The number of fused-ring (bicyclic) bond motifs is 1. The van der Waals surface area contributed by atoms with Crippen molar-refractivity contribution >= 4 is 27.2 Å². The Bertz CT molecular complexity index is 504. The molecule has 0 N–H and O–H groups in total. The number of pyridine rings is 1. The molecule has 0 atom stereocenters. The summed E-state index contributed by atoms with van der Waals surface area (Å²) in [6.07, 6.45) is 3.19. The number of aryl methyl sites for hydroxylation is 1. The van der Waals surface area contributed by atoms with Crippen LogP contribution >= 0.6 is 15.9 Å². The fourth-order valence-corrected chi connectivity index (χ4v) is 2.05. The molecule has 0 spiro atoms. The zero-order valence-corrected chi connectivity index (χ0v) is 9.99. The minimum absolute atomic E-state index is 0.193. The van der Waals surface area contributed by atoms with Crippen molar-refractivity contribution in [2.24, 2.45) is 0 Å². The van der Waals surface area contributed by atoms with E-state index < -0.39 is 0 Å². The fraction of sp³-hybridized carbons (Fsp3) is 0.273. The molecule has 3 nitrogen and oxygen atoms in total. The van der Waals surface area contributed by atoms with Crippen molar-refractivity contribution < 1.29 is 4.79 Å². The number of carbonyl (C=O) groups is 1. The highest BCUT2D eigenvalue weighted by atomic mass is 79.9. The molecule has 2 rings (SSSR count). The number of nitrogens with zero attached hydrogens (tertiary/aromatic N) is 2. The van der Waals surface area contributed by atoms with Crippen molar-refractivity contribution in [3.63, 3.8) is 0 Å². The Hall–Kier alpha value is -1.16. The number of hydrogen-bond donors (Lipinski definition) is 0. The molecule has 0 amide bonds. The van der Waals surface area contributed by atoms with Gasteiger partial charge in [-0.3, -0.25) is 0 Å². The molecule has 0 saturated carbocycles. The first-order valence-electron chi connectivity index (χ1n) is 4.79. The van der Waals surface area contributed by atoms with Gasteiger partial charge >= 0.3 is 0 Å². The lowest BCUT2D eigenvalue weighted by atomic mass is 10.2. The highest BCUT2D eigenvalue weighted by Crippen LogP contribution is 2.19. The standard InChI is InChI=1S/C11H11BrN2O/c1-8(15)5-6-10-13-11(12)9-4-2-3-7-14(9)10/h2-4,7H,5-6H2,1H3. The molecule has 0 aromatic carbocycles. The van der Waals surface area contributed by atoms with E-state index in [2.05, 4.69) is 20.9 Å². The van der Waals surface area contributed by atoms with E-state index in [1.165, 1.54) is 0 Å². The van der Waals surface area contributed by atoms with Crippen LogP contribution in [0, 0.1) is 0 Å². The summed E-state index contributed by atoms with van der Waals surface area (Å²) < 4.78 is 2.84. The van der Waals surface area contributed by atoms with E-state index in [0.29, 0.717) is 12.8 Å². The second kappa shape index (κ2) is 4.14. The molecule has 2 aromatic heterocycles. The van der Waals surface area contributed by atoms with E-state index in [-0.39, 0.29) is 5.78 Å². The molecule has 0 radical (unpaired) electrons. The molecule has 0 fully saturated rings. The van der Waals surface area contributed by atoms with Crippen molar-refractivity contribution in [2.45, 2.75) is 19.8 Å². The first-order valence-corrected chi connectivity index (χ1v) is 5.58. The Morgan fingerprint density at radius 3 is 3.07 bits per heavy atom. The summed E-state index contributed by atoms with van der Waals surface area (Å²) in [5, 5.41) is 0. The summed E-state index contributed by atoms with van der Waals surface area (Å²) in [6.45, 7) is 1.60. The van der Waals surface area contributed by atoms with Crippen LogP contribution in [-0.4, -0.2) is 15.2 Å². The van der Waals surface area contributed by atoms with Gasteiger partial charge in [0.25, 0.3) is 0 Å². The Morgan fingerprint density at radius 2 is 2.33 bits per heavy atom. The van der Waals surface area contributed by atoms with Crippen LogP contribution in [0.15, 0.2) is 29.0 Å². The van der Waals surface area contributed by atoms with Crippen molar-refractivity contribution in [1.29, 1.82) is 0 Å². The zero-order chi connectivity index (χ0) is 10.8. The third-order valence-corrected chi connectivity index (χ3v) is 2.86. The zero-order valence-electron chi connectivity index (χ0n) is 8.40. The average molecular weight is 267 g/mol. The number of halogens is 1. The van der Waals surface area contributed by atoms with E-state index in [1.807, 2.05) is 28.8 Å². The number of hydrogen-bond acceptors (Lipinski definition) is 2. The molecule has 0 aliphatic carbocycles. The minimum Gasteiger partial charge on any atom is -0.303 e. The minimum atomic E-state index is 0.193. The fourth-order valence-electron chi connectivity index (χ4n) is 1.52. The summed E-state index contributed by atoms with van der Waals surface area (Å²) >= 11 is 3.41. The molecule has 0 aliphatic heterocycles. The second-order valence-corrected chi connectivity index (χ2v) is 4.23. The van der Waals surface area contributed by atoms with Crippen LogP contribution < -0.4 is 0 Å². The van der Waals surface area contributed by atoms with Crippen LogP contribution in [0.5, 0.6) is 0 Å². The van der Waals surface area contributed by atoms with Gasteiger partial charge in [0.1, 0.15) is 16.2 Å². The number of Topliss-reactive ketones (excluding diaryl/α,β-unsaturated/α-hetero) is 1. The maximum Gasteiger partial charge on any atom is 0.132 e. The molecule has 0 unspecified atom stereocenters. The van der Waals surface area contributed by atoms with Crippen molar-refractivity contribution in [3.05, 3.63) is 34.8 Å². The summed E-state index contributed by atoms with van der Waals surface area (Å²) in [4.78, 5) is 15.3. The smallest absolute Gasteiger partial charge is 0.132 e. The number of imidazole rings is 1. The lowest BCUT2D eigenvalue weighted by molar-refractivity contribution is -0.117. The maximum atomic E-state index is 10.9. The predicted octanol–water partition coefficient (Wildman–Crippen LogP) is 2.62. The second-order valence-electron chi connectivity index (χ2n) is 3.48. The Morgan fingerprint density at radius 1 is 1.53 bits per heavy atom. The number of carbonyl (C=O) groups excluding carboxylic acids is 1. The number of aromatic nitrogens is 2. The molecular weight excluding hydrogens is 256 g/mol. The molecule has 0 saturated heterocycles. The van der Waals surface area contributed by atoms with Gasteiger partial charge in [-0.25, -0.2) is 4.98 Å². The average Bonchev–Trinajstić information content (AvgIpc) is 2.54. The van der Waals surface area contributed by atoms with Gasteiger partial charge in [0.2, 0.25) is 0 Å². The highest BCUT2D eigenvalue weighted by Gasteiger charge is 2.08. The first-order chi connectivity index (χ1) is 7.18. The summed E-state index contributed by atoms with van der Waals surface area (Å²) in [7, 11) is 0. The predicted molar refractivity (Wildman–Crippen MR) is 61.9 cm³/mol. The van der Waals surface area contributed by atoms with Crippen LogP contribution in [0.4, 0.5) is 0 Å². The maximum absolute atomic E-state index is 10.9. The third kappa shape index (κ3) is 2.09. The first kappa shape index (κ1) is 10.4. The highest BCUT2D eigenvalue weighted by molar-refractivity contribution is 9.10. The van der Waals surface area contributed by atoms with Crippen LogP contribution in [0.1, 0.15) is 19.2 Å². The number of rotatable bonds is 3. The lowest BCUT2D eigenvalue weighted by Crippen LogP contribution is -1.98. The molecule has 0 aliphatic rings. The largest absolute Gasteiger partial charge is 0.303 e. The van der Waals surface area contributed by atoms with Crippen LogP contribution in [0.25, 0.3) is 5.52 Å². The van der Waals surface area contributed by atoms with Gasteiger partial charge in [-0.1, -0.05) is 6.07 Å². The molecule has 15 heavy (non-hydrogen) atoms. The molecule has 4 heteroatoms. The van der Waals surface area contributed by atoms with Gasteiger partial charge in [-0.05, 0) is 35.0 Å². The Balaban J connectivity index is 2.39. The molecule has 2 aromatic rings. The van der Waals surface area contributed by atoms with Gasteiger partial charge in [-0.15, -0.1) is 0 Å². The van der Waals surface area contributed by atoms with Crippen molar-refractivity contribution in [1.82, 2.24) is 9.38 Å². The molecular formula is C11H11BrN2O. The van der Waals surface area contributed by atoms with Gasteiger partial charge in [0.05, 0.1) is 5.52 Å². The lowest BCUT2D eigenvalue weighted by Gasteiger charge is -1.98. The van der Waals surface area contributed by atoms with E-state index in [0.717, 1.165) is 15.9 Å². The van der Waals surface area contributed by atoms with Gasteiger partial charge in [0, 0.05) is 19.0 Å². The van der Waals surface area contributed by atoms with E-state index in [1.54, 1.807) is 6.92 Å². The monoisotopic (exact) mass is 266 g/mol. The summed E-state index contributed by atoms with van der Waals surface area (Å²) in [5.41, 5.74) is 1.04. The molecule has 0 bridgehead atoms. The van der Waals surface area contributed by atoms with Crippen LogP contribution in [-0.2, 0) is 11.2 Å². The summed E-state index contributed by atoms with van der Waals surface area (Å²) in [6, 6.07) is 5.92. The Labute approximate surface area is 96.3 Å². The molecule has 2 heterocycles. The molecule has 78 valence electrons. The van der Waals surface area contributed by atoms with Crippen molar-refractivity contribution in [2.75, 3.05) is 0 Å². The van der Waals surface area contributed by atoms with Gasteiger partial charge in [0.15, 0.2) is 0 Å². The summed E-state index contributed by atoms with van der Waals surface area (Å²) in [5.74, 6) is 1.12. The SMILES string of the molecule is CC(=O)CCc1nc(Br)c2ccccn12. The quantitative estimate of drug-likeness (QED) is 0.856. The van der Waals surface area contributed by atoms with E-state index in [9.17, 15) is 4.79 Å². The number of ketones is 1. The third-order valence-electron chi connectivity index (χ3n) is 2.28.